The molecule has 0 aliphatic heterocycles. The molecule has 0 heterocycles. The molecule has 1 aliphatic carbocycles. The number of hydrogen-bond donors (Lipinski definition) is 1. The smallest absolute Gasteiger partial charge is 0.326 e. The van der Waals surface area contributed by atoms with Crippen LogP contribution in [0, 0.1) is 0 Å². The topological polar surface area (TPSA) is 72.5 Å². The molecule has 0 amide bonds. The van der Waals surface area contributed by atoms with E-state index in [4.69, 9.17) is 4.74 Å². The number of carbonyl (C=O) groups is 1. The summed E-state index contributed by atoms with van der Waals surface area (Å²) < 4.78 is 27.2. The van der Waals surface area contributed by atoms with Gasteiger partial charge in [-0.1, -0.05) is 0 Å². The summed E-state index contributed by atoms with van der Waals surface area (Å²) in [4.78, 5) is 12.1. The number of nitrogens with one attached hydrogen (secondary N) is 1. The SMILES string of the molecule is COC(=O)C1(NC(C)C)CCC(SCCS(C)(=O)=O)C1. The van der Waals surface area contributed by atoms with Gasteiger partial charge in [-0.3, -0.25) is 10.1 Å². The number of carbonyl (C=O) groups excluding carboxylic acids is 1. The second-order valence-corrected chi connectivity index (χ2v) is 9.41. The monoisotopic (exact) mass is 323 g/mol. The van der Waals surface area contributed by atoms with Crippen LogP contribution < -0.4 is 5.32 Å². The van der Waals surface area contributed by atoms with E-state index in [-0.39, 0.29) is 17.8 Å². The van der Waals surface area contributed by atoms with Crippen LogP contribution in [0.25, 0.3) is 0 Å². The molecule has 1 fully saturated rings. The van der Waals surface area contributed by atoms with Gasteiger partial charge >= 0.3 is 5.97 Å². The lowest BCUT2D eigenvalue weighted by Crippen LogP contribution is -2.53. The first-order chi connectivity index (χ1) is 9.18. The van der Waals surface area contributed by atoms with E-state index in [1.54, 1.807) is 11.8 Å². The van der Waals surface area contributed by atoms with Crippen LogP contribution in [0.15, 0.2) is 0 Å². The van der Waals surface area contributed by atoms with Gasteiger partial charge in [-0.05, 0) is 33.1 Å². The van der Waals surface area contributed by atoms with E-state index in [9.17, 15) is 13.2 Å². The average Bonchev–Trinajstić information content (AvgIpc) is 2.70. The third-order valence-electron chi connectivity index (χ3n) is 3.42. The van der Waals surface area contributed by atoms with Crippen molar-refractivity contribution in [1.29, 1.82) is 0 Å². The summed E-state index contributed by atoms with van der Waals surface area (Å²) in [6, 6.07) is 0.203. The van der Waals surface area contributed by atoms with E-state index >= 15 is 0 Å². The van der Waals surface area contributed by atoms with Crippen molar-refractivity contribution in [3.63, 3.8) is 0 Å². The van der Waals surface area contributed by atoms with E-state index in [1.807, 2.05) is 13.8 Å². The van der Waals surface area contributed by atoms with Crippen molar-refractivity contribution < 1.29 is 17.9 Å². The Morgan fingerprint density at radius 3 is 2.65 bits per heavy atom. The van der Waals surface area contributed by atoms with Crippen LogP contribution in [-0.2, 0) is 19.4 Å². The fourth-order valence-electron chi connectivity index (χ4n) is 2.63. The average molecular weight is 323 g/mol. The van der Waals surface area contributed by atoms with Crippen molar-refractivity contribution in [3.05, 3.63) is 0 Å². The number of hydrogen-bond acceptors (Lipinski definition) is 6. The molecule has 1 rings (SSSR count). The normalized spacial score (nSPS) is 26.9. The second kappa shape index (κ2) is 7.13. The lowest BCUT2D eigenvalue weighted by molar-refractivity contribution is -0.148. The first-order valence-corrected chi connectivity index (χ1v) is 9.95. The van der Waals surface area contributed by atoms with Crippen molar-refractivity contribution >= 4 is 27.6 Å². The molecule has 2 unspecified atom stereocenters. The van der Waals surface area contributed by atoms with Crippen molar-refractivity contribution in [1.82, 2.24) is 5.32 Å². The third kappa shape index (κ3) is 5.26. The fraction of sp³-hybridized carbons (Fsp3) is 0.923. The van der Waals surface area contributed by atoms with E-state index in [2.05, 4.69) is 5.32 Å². The van der Waals surface area contributed by atoms with Crippen molar-refractivity contribution in [2.24, 2.45) is 0 Å². The third-order valence-corrected chi connectivity index (χ3v) is 5.94. The molecule has 0 bridgehead atoms. The number of rotatable bonds is 7. The predicted octanol–water partition coefficient (Wildman–Crippen LogP) is 1.23. The number of methoxy groups -OCH3 is 1. The minimum atomic E-state index is -2.91. The molecule has 2 atom stereocenters. The van der Waals surface area contributed by atoms with Crippen molar-refractivity contribution in [2.75, 3.05) is 24.9 Å². The molecule has 0 radical (unpaired) electrons. The van der Waals surface area contributed by atoms with E-state index in [0.29, 0.717) is 17.4 Å². The maximum atomic E-state index is 12.1. The van der Waals surface area contributed by atoms with Crippen LogP contribution in [0.2, 0.25) is 0 Å². The predicted molar refractivity (Wildman–Crippen MR) is 82.8 cm³/mol. The Hall–Kier alpha value is -0.270. The lowest BCUT2D eigenvalue weighted by Gasteiger charge is -2.30. The Morgan fingerprint density at radius 2 is 2.15 bits per heavy atom. The number of thioether (sulfide) groups is 1. The molecule has 1 aliphatic rings. The Bertz CT molecular complexity index is 436. The molecule has 0 aromatic carbocycles. The van der Waals surface area contributed by atoms with Gasteiger partial charge in [-0.15, -0.1) is 0 Å². The summed E-state index contributed by atoms with van der Waals surface area (Å²) in [7, 11) is -1.50. The maximum absolute atomic E-state index is 12.1. The highest BCUT2D eigenvalue weighted by Gasteiger charge is 2.46. The molecule has 20 heavy (non-hydrogen) atoms. The molecule has 118 valence electrons. The van der Waals surface area contributed by atoms with Crippen LogP contribution in [0.1, 0.15) is 33.1 Å². The maximum Gasteiger partial charge on any atom is 0.326 e. The zero-order chi connectivity index (χ0) is 15.4. The molecule has 1 saturated carbocycles. The molecular formula is C13H25NO4S2. The number of sulfone groups is 1. The highest BCUT2D eigenvalue weighted by atomic mass is 32.2. The van der Waals surface area contributed by atoms with Crippen LogP contribution in [-0.4, -0.2) is 56.1 Å². The second-order valence-electron chi connectivity index (χ2n) is 5.74. The highest BCUT2D eigenvalue weighted by molar-refractivity contribution is 8.01. The summed E-state index contributed by atoms with van der Waals surface area (Å²) >= 11 is 1.64. The molecule has 0 aromatic heterocycles. The van der Waals surface area contributed by atoms with Crippen LogP contribution in [0.4, 0.5) is 0 Å². The minimum absolute atomic E-state index is 0.191. The van der Waals surface area contributed by atoms with Gasteiger partial charge < -0.3 is 4.74 Å². The van der Waals surface area contributed by atoms with E-state index in [0.717, 1.165) is 12.8 Å². The van der Waals surface area contributed by atoms with Crippen LogP contribution in [0.5, 0.6) is 0 Å². The molecule has 0 saturated heterocycles. The van der Waals surface area contributed by atoms with Gasteiger partial charge in [0.25, 0.3) is 0 Å². The van der Waals surface area contributed by atoms with Crippen molar-refractivity contribution in [3.8, 4) is 0 Å². The molecule has 0 aromatic rings. The summed E-state index contributed by atoms with van der Waals surface area (Å²) in [6.07, 6.45) is 3.60. The summed E-state index contributed by atoms with van der Waals surface area (Å²) in [6.45, 7) is 4.02. The van der Waals surface area contributed by atoms with E-state index in [1.165, 1.54) is 13.4 Å². The Kier molecular flexibility index (Phi) is 6.34. The largest absolute Gasteiger partial charge is 0.468 e. The number of ether oxygens (including phenoxy) is 1. The minimum Gasteiger partial charge on any atom is -0.468 e. The van der Waals surface area contributed by atoms with Gasteiger partial charge in [0.05, 0.1) is 12.9 Å². The van der Waals surface area contributed by atoms with Gasteiger partial charge in [0.15, 0.2) is 0 Å². The van der Waals surface area contributed by atoms with Gasteiger partial charge in [0.1, 0.15) is 15.4 Å². The lowest BCUT2D eigenvalue weighted by atomic mass is 9.97. The van der Waals surface area contributed by atoms with Gasteiger partial charge in [0.2, 0.25) is 0 Å². The van der Waals surface area contributed by atoms with Crippen LogP contribution >= 0.6 is 11.8 Å². The zero-order valence-corrected chi connectivity index (χ0v) is 14.3. The first kappa shape index (κ1) is 17.8. The Morgan fingerprint density at radius 1 is 1.50 bits per heavy atom. The fourth-order valence-corrected chi connectivity index (χ4v) is 5.25. The number of esters is 1. The molecule has 1 N–H and O–H groups in total. The first-order valence-electron chi connectivity index (χ1n) is 6.84. The van der Waals surface area contributed by atoms with Gasteiger partial charge in [0, 0.05) is 23.3 Å². The summed E-state index contributed by atoms with van der Waals surface area (Å²) in [5.74, 6) is 0.566. The van der Waals surface area contributed by atoms with Gasteiger partial charge in [-0.2, -0.15) is 11.8 Å². The molecular weight excluding hydrogens is 298 g/mol. The quantitative estimate of drug-likeness (QED) is 0.710. The van der Waals surface area contributed by atoms with Crippen molar-refractivity contribution in [2.45, 2.75) is 49.9 Å². The van der Waals surface area contributed by atoms with Crippen LogP contribution in [0.3, 0.4) is 0 Å². The Balaban J connectivity index is 2.58. The Labute approximate surface area is 126 Å². The molecule has 7 heteroatoms. The summed E-state index contributed by atoms with van der Waals surface area (Å²) in [5.41, 5.74) is -0.605. The highest BCUT2D eigenvalue weighted by Crippen LogP contribution is 2.38. The molecule has 0 spiro atoms. The molecule has 5 nitrogen and oxygen atoms in total. The zero-order valence-electron chi connectivity index (χ0n) is 12.6. The standard InChI is InChI=1S/C13H25NO4S2/c1-10(2)14-13(12(15)18-3)6-5-11(9-13)19-7-8-20(4,16)17/h10-11,14H,5-9H2,1-4H3. The van der Waals surface area contributed by atoms with E-state index < -0.39 is 15.4 Å². The van der Waals surface area contributed by atoms with Gasteiger partial charge in [-0.25, -0.2) is 8.42 Å². The summed E-state index contributed by atoms with van der Waals surface area (Å²) in [5, 5.41) is 3.64.